The van der Waals surface area contributed by atoms with E-state index in [-0.39, 0.29) is 17.9 Å². The van der Waals surface area contributed by atoms with E-state index in [9.17, 15) is 4.39 Å². The third kappa shape index (κ3) is 3.88. The molecule has 1 aromatic rings. The van der Waals surface area contributed by atoms with Crippen molar-refractivity contribution < 1.29 is 14.6 Å². The predicted molar refractivity (Wildman–Crippen MR) is 54.9 cm³/mol. The highest BCUT2D eigenvalue weighted by molar-refractivity contribution is 7.99. The fourth-order valence-electron chi connectivity index (χ4n) is 0.956. The molecule has 0 aromatic heterocycles. The average Bonchev–Trinajstić information content (AvgIpc) is 2.25. The van der Waals surface area contributed by atoms with E-state index in [1.54, 1.807) is 0 Å². The minimum absolute atomic E-state index is 0.246. The molecule has 1 aromatic carbocycles. The molecule has 80 valence electrons. The zero-order chi connectivity index (χ0) is 11.3. The van der Waals surface area contributed by atoms with Gasteiger partial charge < -0.3 is 10.2 Å². The van der Waals surface area contributed by atoms with E-state index in [1.807, 2.05) is 6.07 Å². The number of benzene rings is 1. The number of nitrogens with zero attached hydrogens (tertiary/aromatic N) is 1. The summed E-state index contributed by atoms with van der Waals surface area (Å²) in [6.45, 7) is -0.326. The van der Waals surface area contributed by atoms with Crippen LogP contribution in [-0.2, 0) is 0 Å². The van der Waals surface area contributed by atoms with Gasteiger partial charge in [-0.15, -0.1) is 11.8 Å². The lowest BCUT2D eigenvalue weighted by molar-refractivity contribution is 0.113. The quantitative estimate of drug-likeness (QED) is 0.757. The van der Waals surface area contributed by atoms with Crippen molar-refractivity contribution >= 4 is 11.8 Å². The lowest BCUT2D eigenvalue weighted by Crippen LogP contribution is -2.14. The van der Waals surface area contributed by atoms with Crippen LogP contribution in [0.15, 0.2) is 23.1 Å². The van der Waals surface area contributed by atoms with E-state index < -0.39 is 11.9 Å². The fourth-order valence-corrected chi connectivity index (χ4v) is 1.85. The van der Waals surface area contributed by atoms with Crippen molar-refractivity contribution in [3.8, 4) is 6.07 Å². The van der Waals surface area contributed by atoms with Gasteiger partial charge in [-0.2, -0.15) is 5.26 Å². The van der Waals surface area contributed by atoms with Gasteiger partial charge >= 0.3 is 0 Å². The summed E-state index contributed by atoms with van der Waals surface area (Å²) < 4.78 is 12.9. The van der Waals surface area contributed by atoms with Crippen LogP contribution in [0.3, 0.4) is 0 Å². The number of hydrogen-bond acceptors (Lipinski definition) is 4. The molecule has 0 fully saturated rings. The van der Waals surface area contributed by atoms with Crippen LogP contribution in [-0.4, -0.2) is 28.7 Å². The second kappa shape index (κ2) is 5.71. The summed E-state index contributed by atoms with van der Waals surface area (Å²) in [5, 5.41) is 26.3. The summed E-state index contributed by atoms with van der Waals surface area (Å²) in [6, 6.07) is 5.82. The standard InChI is InChI=1S/C10H10FNO2S/c11-8-1-7(4-12)2-10(3-8)15-6-9(14)5-13/h1-3,9,13-14H,5-6H2. The number of aliphatic hydroxyl groups excluding tert-OH is 2. The largest absolute Gasteiger partial charge is 0.394 e. The first-order valence-corrected chi connectivity index (χ1v) is 5.26. The first-order chi connectivity index (χ1) is 7.15. The Morgan fingerprint density at radius 1 is 1.47 bits per heavy atom. The molecule has 0 aliphatic rings. The van der Waals surface area contributed by atoms with Gasteiger partial charge in [0, 0.05) is 10.6 Å². The molecule has 1 rings (SSSR count). The Labute approximate surface area is 91.2 Å². The molecule has 1 unspecified atom stereocenters. The number of aliphatic hydroxyl groups is 2. The molecule has 0 aliphatic heterocycles. The second-order valence-corrected chi connectivity index (χ2v) is 4.03. The van der Waals surface area contributed by atoms with Gasteiger partial charge in [0.2, 0.25) is 0 Å². The molecule has 0 radical (unpaired) electrons. The minimum Gasteiger partial charge on any atom is -0.394 e. The molecular weight excluding hydrogens is 217 g/mol. The van der Waals surface area contributed by atoms with Crippen LogP contribution in [0.4, 0.5) is 4.39 Å². The van der Waals surface area contributed by atoms with Crippen LogP contribution in [0.5, 0.6) is 0 Å². The van der Waals surface area contributed by atoms with Crippen LogP contribution >= 0.6 is 11.8 Å². The first-order valence-electron chi connectivity index (χ1n) is 4.28. The Morgan fingerprint density at radius 2 is 2.20 bits per heavy atom. The van der Waals surface area contributed by atoms with Crippen LogP contribution in [0.2, 0.25) is 0 Å². The third-order valence-electron chi connectivity index (χ3n) is 1.65. The molecule has 0 amide bonds. The van der Waals surface area contributed by atoms with E-state index in [0.29, 0.717) is 4.90 Å². The normalized spacial score (nSPS) is 12.1. The van der Waals surface area contributed by atoms with Crippen LogP contribution in [0, 0.1) is 17.1 Å². The molecule has 5 heteroatoms. The molecular formula is C10H10FNO2S. The molecule has 0 saturated heterocycles. The maximum Gasteiger partial charge on any atom is 0.125 e. The molecule has 1 atom stereocenters. The highest BCUT2D eigenvalue weighted by Crippen LogP contribution is 2.21. The number of nitriles is 1. The molecule has 3 nitrogen and oxygen atoms in total. The monoisotopic (exact) mass is 227 g/mol. The summed E-state index contributed by atoms with van der Waals surface area (Å²) in [7, 11) is 0. The van der Waals surface area contributed by atoms with Gasteiger partial charge in [-0.1, -0.05) is 0 Å². The summed E-state index contributed by atoms with van der Waals surface area (Å²) in [5.74, 6) is -0.208. The highest BCUT2D eigenvalue weighted by Gasteiger charge is 2.05. The molecule has 2 N–H and O–H groups in total. The van der Waals surface area contributed by atoms with Gasteiger partial charge in [-0.05, 0) is 18.2 Å². The molecule has 15 heavy (non-hydrogen) atoms. The SMILES string of the molecule is N#Cc1cc(F)cc(SCC(O)CO)c1. The Morgan fingerprint density at radius 3 is 2.80 bits per heavy atom. The van der Waals surface area contributed by atoms with Crippen molar-refractivity contribution in [2.24, 2.45) is 0 Å². The van der Waals surface area contributed by atoms with E-state index in [4.69, 9.17) is 15.5 Å². The Hall–Kier alpha value is -1.09. The topological polar surface area (TPSA) is 64.2 Å². The minimum atomic E-state index is -0.830. The van der Waals surface area contributed by atoms with Gasteiger partial charge in [-0.25, -0.2) is 4.39 Å². The number of rotatable bonds is 4. The van der Waals surface area contributed by atoms with E-state index in [0.717, 1.165) is 6.07 Å². The second-order valence-electron chi connectivity index (χ2n) is 2.93. The lowest BCUT2D eigenvalue weighted by atomic mass is 10.2. The third-order valence-corrected chi connectivity index (χ3v) is 2.77. The number of halogens is 1. The zero-order valence-corrected chi connectivity index (χ0v) is 8.67. The molecule has 0 heterocycles. The Kier molecular flexibility index (Phi) is 4.56. The maximum atomic E-state index is 12.9. The van der Waals surface area contributed by atoms with Gasteiger partial charge in [0.25, 0.3) is 0 Å². The van der Waals surface area contributed by atoms with Crippen molar-refractivity contribution in [1.82, 2.24) is 0 Å². The molecule has 0 saturated carbocycles. The van der Waals surface area contributed by atoms with Gasteiger partial charge in [0.15, 0.2) is 0 Å². The van der Waals surface area contributed by atoms with E-state index in [2.05, 4.69) is 0 Å². The average molecular weight is 227 g/mol. The van der Waals surface area contributed by atoms with Gasteiger partial charge in [0.05, 0.1) is 24.3 Å². The van der Waals surface area contributed by atoms with E-state index >= 15 is 0 Å². The molecule has 0 aliphatic carbocycles. The fraction of sp³-hybridized carbons (Fsp3) is 0.300. The summed E-state index contributed by atoms with van der Waals surface area (Å²) in [6.07, 6.45) is -0.830. The van der Waals surface area contributed by atoms with Crippen molar-refractivity contribution in [1.29, 1.82) is 5.26 Å². The smallest absolute Gasteiger partial charge is 0.125 e. The number of thioether (sulfide) groups is 1. The van der Waals surface area contributed by atoms with Crippen molar-refractivity contribution in [3.05, 3.63) is 29.6 Å². The Bertz CT molecular complexity index is 378. The lowest BCUT2D eigenvalue weighted by Gasteiger charge is -2.06. The van der Waals surface area contributed by atoms with Gasteiger partial charge in [-0.3, -0.25) is 0 Å². The van der Waals surface area contributed by atoms with Crippen molar-refractivity contribution in [2.75, 3.05) is 12.4 Å². The number of hydrogen-bond donors (Lipinski definition) is 2. The zero-order valence-electron chi connectivity index (χ0n) is 7.85. The summed E-state index contributed by atoms with van der Waals surface area (Å²) in [4.78, 5) is 0.569. The van der Waals surface area contributed by atoms with Crippen LogP contribution in [0.25, 0.3) is 0 Å². The van der Waals surface area contributed by atoms with Gasteiger partial charge in [0.1, 0.15) is 5.82 Å². The highest BCUT2D eigenvalue weighted by atomic mass is 32.2. The maximum absolute atomic E-state index is 12.9. The molecule has 0 bridgehead atoms. The van der Waals surface area contributed by atoms with Crippen molar-refractivity contribution in [2.45, 2.75) is 11.0 Å². The van der Waals surface area contributed by atoms with Crippen LogP contribution in [0.1, 0.15) is 5.56 Å². The first kappa shape index (κ1) is 12.0. The molecule has 0 spiro atoms. The Balaban J connectivity index is 2.69. The summed E-state index contributed by atoms with van der Waals surface area (Å²) >= 11 is 1.20. The van der Waals surface area contributed by atoms with Crippen LogP contribution < -0.4 is 0 Å². The summed E-state index contributed by atoms with van der Waals surface area (Å²) in [5.41, 5.74) is 0.246. The van der Waals surface area contributed by atoms with Crippen molar-refractivity contribution in [3.63, 3.8) is 0 Å². The predicted octanol–water partition coefficient (Wildman–Crippen LogP) is 1.14. The van der Waals surface area contributed by atoms with E-state index in [1.165, 1.54) is 23.9 Å².